The molecule has 0 aromatic heterocycles. The molecule has 1 aromatic carbocycles. The van der Waals surface area contributed by atoms with E-state index in [1.54, 1.807) is 12.1 Å². The van der Waals surface area contributed by atoms with Gasteiger partial charge in [-0.15, -0.1) is 0 Å². The average Bonchev–Trinajstić information content (AvgIpc) is 2.39. The summed E-state index contributed by atoms with van der Waals surface area (Å²) in [7, 11) is 0. The van der Waals surface area contributed by atoms with Crippen molar-refractivity contribution in [3.8, 4) is 0 Å². The highest BCUT2D eigenvalue weighted by molar-refractivity contribution is 9.10. The molecule has 1 saturated heterocycles. The van der Waals surface area contributed by atoms with Crippen LogP contribution in [0.5, 0.6) is 0 Å². The zero-order valence-corrected chi connectivity index (χ0v) is 12.5. The fourth-order valence-corrected chi connectivity index (χ4v) is 3.53. The second-order valence-electron chi connectivity index (χ2n) is 5.84. The third kappa shape index (κ3) is 2.58. The third-order valence-corrected chi connectivity index (χ3v) is 5.28. The molecule has 4 heteroatoms. The maximum Gasteiger partial charge on any atom is 0.137 e. The minimum Gasteiger partial charge on any atom is -0.375 e. The highest BCUT2D eigenvalue weighted by Crippen LogP contribution is 2.46. The number of hydrogen-bond acceptors (Lipinski definition) is 2. The van der Waals surface area contributed by atoms with Crippen LogP contribution in [0.4, 0.5) is 4.39 Å². The van der Waals surface area contributed by atoms with Gasteiger partial charge in [-0.3, -0.25) is 0 Å². The Balaban J connectivity index is 1.75. The lowest BCUT2D eigenvalue weighted by molar-refractivity contribution is -0.146. The SMILES string of the molecule is NC(c1ccc(Br)c(F)c1)C1CCOC2(CCC2)C1. The Morgan fingerprint density at radius 2 is 2.21 bits per heavy atom. The highest BCUT2D eigenvalue weighted by Gasteiger charge is 2.43. The third-order valence-electron chi connectivity index (χ3n) is 4.63. The minimum absolute atomic E-state index is 0.0917. The Kier molecular flexibility index (Phi) is 3.67. The molecule has 2 nitrogen and oxygen atoms in total. The second-order valence-corrected chi connectivity index (χ2v) is 6.69. The first-order chi connectivity index (χ1) is 9.10. The first-order valence-electron chi connectivity index (χ1n) is 6.94. The van der Waals surface area contributed by atoms with Crippen molar-refractivity contribution in [2.75, 3.05) is 6.61 Å². The molecule has 2 N–H and O–H groups in total. The van der Waals surface area contributed by atoms with Crippen LogP contribution in [0.15, 0.2) is 22.7 Å². The quantitative estimate of drug-likeness (QED) is 0.892. The van der Waals surface area contributed by atoms with Gasteiger partial charge < -0.3 is 10.5 Å². The van der Waals surface area contributed by atoms with Gasteiger partial charge in [-0.25, -0.2) is 4.39 Å². The van der Waals surface area contributed by atoms with Crippen molar-refractivity contribution in [3.63, 3.8) is 0 Å². The Morgan fingerprint density at radius 1 is 1.42 bits per heavy atom. The van der Waals surface area contributed by atoms with E-state index in [4.69, 9.17) is 10.5 Å². The van der Waals surface area contributed by atoms with Gasteiger partial charge in [0.1, 0.15) is 5.82 Å². The molecule has 0 amide bonds. The zero-order chi connectivity index (χ0) is 13.5. The van der Waals surface area contributed by atoms with E-state index in [1.165, 1.54) is 6.42 Å². The lowest BCUT2D eigenvalue weighted by Crippen LogP contribution is -2.47. The summed E-state index contributed by atoms with van der Waals surface area (Å²) in [4.78, 5) is 0. The van der Waals surface area contributed by atoms with E-state index >= 15 is 0 Å². The van der Waals surface area contributed by atoms with Gasteiger partial charge in [-0.2, -0.15) is 0 Å². The van der Waals surface area contributed by atoms with Crippen molar-refractivity contribution >= 4 is 15.9 Å². The maximum absolute atomic E-state index is 13.6. The normalized spacial score (nSPS) is 27.0. The summed E-state index contributed by atoms with van der Waals surface area (Å²) in [5.41, 5.74) is 7.33. The van der Waals surface area contributed by atoms with Gasteiger partial charge in [-0.1, -0.05) is 6.07 Å². The molecule has 1 saturated carbocycles. The van der Waals surface area contributed by atoms with Crippen molar-refractivity contribution < 1.29 is 9.13 Å². The number of ether oxygens (including phenoxy) is 1. The fraction of sp³-hybridized carbons (Fsp3) is 0.600. The number of halogens is 2. The first kappa shape index (κ1) is 13.5. The van der Waals surface area contributed by atoms with Gasteiger partial charge in [0.15, 0.2) is 0 Å². The molecule has 2 unspecified atom stereocenters. The van der Waals surface area contributed by atoms with Crippen molar-refractivity contribution in [1.82, 2.24) is 0 Å². The minimum atomic E-state index is -0.238. The average molecular weight is 328 g/mol. The van der Waals surface area contributed by atoms with Crippen LogP contribution in [-0.2, 0) is 4.74 Å². The van der Waals surface area contributed by atoms with Crippen molar-refractivity contribution in [3.05, 3.63) is 34.1 Å². The van der Waals surface area contributed by atoms with Crippen LogP contribution in [0, 0.1) is 11.7 Å². The Labute approximate surface area is 121 Å². The molecule has 1 aromatic rings. The second kappa shape index (κ2) is 5.15. The van der Waals surface area contributed by atoms with Gasteiger partial charge in [0.25, 0.3) is 0 Å². The molecule has 0 radical (unpaired) electrons. The summed E-state index contributed by atoms with van der Waals surface area (Å²) in [6.45, 7) is 0.789. The van der Waals surface area contributed by atoms with Gasteiger partial charge in [0, 0.05) is 12.6 Å². The molecule has 1 aliphatic carbocycles. The van der Waals surface area contributed by atoms with Crippen molar-refractivity contribution in [2.24, 2.45) is 11.7 Å². The van der Waals surface area contributed by atoms with Crippen LogP contribution in [0.1, 0.15) is 43.7 Å². The predicted molar refractivity (Wildman–Crippen MR) is 76.3 cm³/mol. The van der Waals surface area contributed by atoms with Crippen LogP contribution in [0.3, 0.4) is 0 Å². The number of benzene rings is 1. The van der Waals surface area contributed by atoms with Gasteiger partial charge in [-0.05, 0) is 71.6 Å². The summed E-state index contributed by atoms with van der Waals surface area (Å²) in [5, 5.41) is 0. The number of hydrogen-bond donors (Lipinski definition) is 1. The molecule has 2 aliphatic rings. The maximum atomic E-state index is 13.6. The molecule has 0 bridgehead atoms. The molecule has 19 heavy (non-hydrogen) atoms. The van der Waals surface area contributed by atoms with Crippen LogP contribution in [0.25, 0.3) is 0 Å². The van der Waals surface area contributed by atoms with Gasteiger partial charge in [0.2, 0.25) is 0 Å². The lowest BCUT2D eigenvalue weighted by Gasteiger charge is -2.48. The summed E-state index contributed by atoms with van der Waals surface area (Å²) >= 11 is 3.18. The van der Waals surface area contributed by atoms with E-state index in [-0.39, 0.29) is 17.5 Å². The molecule has 2 atom stereocenters. The van der Waals surface area contributed by atoms with E-state index < -0.39 is 0 Å². The van der Waals surface area contributed by atoms with E-state index in [0.717, 1.165) is 37.9 Å². The molecule has 1 spiro atoms. The summed E-state index contributed by atoms with van der Waals surface area (Å²) in [6, 6.07) is 5.12. The molecular formula is C15H19BrFNO. The van der Waals surface area contributed by atoms with E-state index in [1.807, 2.05) is 6.07 Å². The fourth-order valence-electron chi connectivity index (χ4n) is 3.28. The Morgan fingerprint density at radius 3 is 2.84 bits per heavy atom. The monoisotopic (exact) mass is 327 g/mol. The Bertz CT molecular complexity index is 475. The first-order valence-corrected chi connectivity index (χ1v) is 7.73. The van der Waals surface area contributed by atoms with Gasteiger partial charge >= 0.3 is 0 Å². The predicted octanol–water partition coefficient (Wildman–Crippen LogP) is 3.94. The summed E-state index contributed by atoms with van der Waals surface area (Å²) in [5.74, 6) is 0.160. The topological polar surface area (TPSA) is 35.2 Å². The van der Waals surface area contributed by atoms with Gasteiger partial charge in [0.05, 0.1) is 10.1 Å². The largest absolute Gasteiger partial charge is 0.375 e. The van der Waals surface area contributed by atoms with Crippen LogP contribution in [0.2, 0.25) is 0 Å². The van der Waals surface area contributed by atoms with Crippen molar-refractivity contribution in [2.45, 2.75) is 43.7 Å². The number of nitrogens with two attached hydrogens (primary N) is 1. The smallest absolute Gasteiger partial charge is 0.137 e. The molecule has 3 rings (SSSR count). The summed E-state index contributed by atoms with van der Waals surface area (Å²) in [6.07, 6.45) is 5.57. The van der Waals surface area contributed by atoms with E-state index in [0.29, 0.717) is 10.4 Å². The molecule has 1 aliphatic heterocycles. The lowest BCUT2D eigenvalue weighted by atomic mass is 9.70. The zero-order valence-electron chi connectivity index (χ0n) is 10.9. The van der Waals surface area contributed by atoms with Crippen LogP contribution in [-0.4, -0.2) is 12.2 Å². The van der Waals surface area contributed by atoms with Crippen LogP contribution < -0.4 is 5.73 Å². The van der Waals surface area contributed by atoms with E-state index in [9.17, 15) is 4.39 Å². The molecule has 104 valence electrons. The van der Waals surface area contributed by atoms with Crippen molar-refractivity contribution in [1.29, 1.82) is 0 Å². The summed E-state index contributed by atoms with van der Waals surface area (Å²) < 4.78 is 20.0. The molecule has 2 fully saturated rings. The van der Waals surface area contributed by atoms with E-state index in [2.05, 4.69) is 15.9 Å². The number of rotatable bonds is 2. The Hall–Kier alpha value is -0.450. The highest BCUT2D eigenvalue weighted by atomic mass is 79.9. The molecule has 1 heterocycles. The van der Waals surface area contributed by atoms with Crippen LogP contribution >= 0.6 is 15.9 Å². The standard InChI is InChI=1S/C15H19BrFNO/c16-12-3-2-10(8-13(12)17)14(18)11-4-7-19-15(9-11)5-1-6-15/h2-3,8,11,14H,1,4-7,9,18H2. The molecular weight excluding hydrogens is 309 g/mol.